The molecular weight excluding hydrogens is 444 g/mol. The summed E-state index contributed by atoms with van der Waals surface area (Å²) >= 11 is 0. The van der Waals surface area contributed by atoms with Crippen LogP contribution in [0.2, 0.25) is 0 Å². The molecule has 0 aliphatic carbocycles. The van der Waals surface area contributed by atoms with Crippen molar-refractivity contribution in [2.75, 3.05) is 27.4 Å². The van der Waals surface area contributed by atoms with Crippen molar-refractivity contribution in [1.82, 2.24) is 0 Å². The van der Waals surface area contributed by atoms with Crippen molar-refractivity contribution in [1.29, 1.82) is 0 Å². The predicted octanol–water partition coefficient (Wildman–Crippen LogP) is 4.49. The van der Waals surface area contributed by atoms with E-state index < -0.39 is 42.3 Å². The quantitative estimate of drug-likeness (QED) is 0.532. The zero-order valence-corrected chi connectivity index (χ0v) is 17.3. The maximum Gasteiger partial charge on any atom is 0.416 e. The highest BCUT2D eigenvalue weighted by atomic mass is 19.4. The van der Waals surface area contributed by atoms with Gasteiger partial charge in [-0.1, -0.05) is 0 Å². The molecule has 3 N–H and O–H groups in total. The van der Waals surface area contributed by atoms with Crippen LogP contribution in [0.25, 0.3) is 0 Å². The van der Waals surface area contributed by atoms with Crippen molar-refractivity contribution in [2.24, 2.45) is 5.73 Å². The van der Waals surface area contributed by atoms with Crippen LogP contribution < -0.4 is 15.2 Å². The Kier molecular flexibility index (Phi) is 8.02. The molecule has 0 spiro atoms. The van der Waals surface area contributed by atoms with Gasteiger partial charge in [0.15, 0.2) is 0 Å². The van der Waals surface area contributed by atoms with Gasteiger partial charge in [0.25, 0.3) is 0 Å². The number of alkyl halides is 6. The summed E-state index contributed by atoms with van der Waals surface area (Å²) in [5.74, 6) is 0.674. The number of ether oxygens (including phenoxy) is 3. The molecule has 2 rings (SSSR count). The van der Waals surface area contributed by atoms with Gasteiger partial charge in [-0.2, -0.15) is 26.3 Å². The van der Waals surface area contributed by atoms with Crippen LogP contribution in [0.15, 0.2) is 36.4 Å². The van der Waals surface area contributed by atoms with E-state index >= 15 is 0 Å². The highest BCUT2D eigenvalue weighted by molar-refractivity contribution is 5.44. The van der Waals surface area contributed by atoms with Crippen LogP contribution in [0.3, 0.4) is 0 Å². The molecule has 0 aliphatic rings. The molecule has 0 amide bonds. The van der Waals surface area contributed by atoms with Gasteiger partial charge in [-0.05, 0) is 54.9 Å². The van der Waals surface area contributed by atoms with E-state index in [2.05, 4.69) is 0 Å². The molecule has 0 aliphatic heterocycles. The van der Waals surface area contributed by atoms with Gasteiger partial charge in [-0.25, -0.2) is 0 Å². The van der Waals surface area contributed by atoms with Crippen LogP contribution in [0.4, 0.5) is 26.3 Å². The number of hydrogen-bond donors (Lipinski definition) is 2. The molecule has 0 heterocycles. The fourth-order valence-corrected chi connectivity index (χ4v) is 3.14. The second-order valence-electron chi connectivity index (χ2n) is 7.04. The van der Waals surface area contributed by atoms with Crippen LogP contribution in [-0.4, -0.2) is 32.5 Å². The second-order valence-corrected chi connectivity index (χ2v) is 7.04. The summed E-state index contributed by atoms with van der Waals surface area (Å²) in [7, 11) is 2.78. The summed E-state index contributed by atoms with van der Waals surface area (Å²) in [6, 6.07) is 5.80. The van der Waals surface area contributed by atoms with Gasteiger partial charge in [0, 0.05) is 5.56 Å². The molecule has 2 aromatic carbocycles. The van der Waals surface area contributed by atoms with E-state index in [1.807, 2.05) is 0 Å². The average molecular weight is 467 g/mol. The number of halogens is 6. The lowest BCUT2D eigenvalue weighted by molar-refractivity contribution is -0.143. The molecule has 2 aromatic rings. The SMILES string of the molecule is COc1ccc(OC)c(C(O)(CCN)COCc2cc(C(F)(F)F)cc(C(F)(F)F)c2)c1. The van der Waals surface area contributed by atoms with Gasteiger partial charge in [-0.15, -0.1) is 0 Å². The summed E-state index contributed by atoms with van der Waals surface area (Å²) in [4.78, 5) is 0. The third-order valence-electron chi connectivity index (χ3n) is 4.72. The molecular formula is C21H23F6NO4. The molecule has 0 fully saturated rings. The maximum atomic E-state index is 13.0. The Morgan fingerprint density at radius 1 is 0.875 bits per heavy atom. The normalized spacial score (nSPS) is 14.2. The molecule has 11 heteroatoms. The summed E-state index contributed by atoms with van der Waals surface area (Å²) in [5, 5.41) is 11.2. The number of rotatable bonds is 9. The van der Waals surface area contributed by atoms with Gasteiger partial charge in [0.05, 0.1) is 38.6 Å². The minimum atomic E-state index is -4.97. The molecule has 0 bridgehead atoms. The predicted molar refractivity (Wildman–Crippen MR) is 103 cm³/mol. The van der Waals surface area contributed by atoms with Crippen molar-refractivity contribution < 1.29 is 45.7 Å². The van der Waals surface area contributed by atoms with Crippen molar-refractivity contribution in [3.8, 4) is 11.5 Å². The average Bonchev–Trinajstić information content (AvgIpc) is 2.72. The lowest BCUT2D eigenvalue weighted by Gasteiger charge is -2.30. The first-order valence-corrected chi connectivity index (χ1v) is 9.35. The Morgan fingerprint density at radius 2 is 1.47 bits per heavy atom. The van der Waals surface area contributed by atoms with Crippen LogP contribution >= 0.6 is 0 Å². The van der Waals surface area contributed by atoms with E-state index in [0.717, 1.165) is 0 Å². The second kappa shape index (κ2) is 9.97. The van der Waals surface area contributed by atoms with E-state index in [9.17, 15) is 31.4 Å². The Hall–Kier alpha value is -2.50. The zero-order chi connectivity index (χ0) is 24.2. The molecule has 32 heavy (non-hydrogen) atoms. The Labute approximate surface area is 180 Å². The molecule has 1 atom stereocenters. The van der Waals surface area contributed by atoms with Gasteiger partial charge >= 0.3 is 12.4 Å². The molecule has 5 nitrogen and oxygen atoms in total. The standard InChI is InChI=1S/C21H23F6NO4/c1-30-16-3-4-18(31-2)17(10-16)19(29,5-6-28)12-32-11-13-7-14(20(22,23)24)9-15(8-13)21(25,26)27/h3-4,7-10,29H,5-6,11-12,28H2,1-2H3. The third-order valence-corrected chi connectivity index (χ3v) is 4.72. The first-order chi connectivity index (χ1) is 14.8. The van der Waals surface area contributed by atoms with Crippen molar-refractivity contribution in [3.05, 3.63) is 58.7 Å². The number of benzene rings is 2. The first-order valence-electron chi connectivity index (χ1n) is 9.35. The van der Waals surface area contributed by atoms with E-state index in [-0.39, 0.29) is 35.9 Å². The van der Waals surface area contributed by atoms with Crippen molar-refractivity contribution >= 4 is 0 Å². The molecule has 178 valence electrons. The van der Waals surface area contributed by atoms with Crippen molar-refractivity contribution in [2.45, 2.75) is 31.0 Å². The fourth-order valence-electron chi connectivity index (χ4n) is 3.14. The van der Waals surface area contributed by atoms with Crippen LogP contribution in [0, 0.1) is 0 Å². The Balaban J connectivity index is 2.32. The molecule has 0 saturated carbocycles. The Bertz CT molecular complexity index is 884. The van der Waals surface area contributed by atoms with E-state index in [1.165, 1.54) is 26.4 Å². The minimum Gasteiger partial charge on any atom is -0.497 e. The molecule has 0 radical (unpaired) electrons. The molecule has 0 saturated heterocycles. The van der Waals surface area contributed by atoms with Gasteiger partial charge in [0.2, 0.25) is 0 Å². The summed E-state index contributed by atoms with van der Waals surface area (Å²) in [6.45, 7) is -1.06. The highest BCUT2D eigenvalue weighted by Gasteiger charge is 2.37. The van der Waals surface area contributed by atoms with Crippen LogP contribution in [0.1, 0.15) is 28.7 Å². The first kappa shape index (κ1) is 25.8. The van der Waals surface area contributed by atoms with E-state index in [4.69, 9.17) is 19.9 Å². The van der Waals surface area contributed by atoms with E-state index in [0.29, 0.717) is 17.9 Å². The van der Waals surface area contributed by atoms with Gasteiger partial charge in [0.1, 0.15) is 17.1 Å². The summed E-state index contributed by atoms with van der Waals surface area (Å²) in [5.41, 5.74) is 0.876. The smallest absolute Gasteiger partial charge is 0.416 e. The number of nitrogens with two attached hydrogens (primary N) is 1. The monoisotopic (exact) mass is 467 g/mol. The van der Waals surface area contributed by atoms with Gasteiger partial charge < -0.3 is 25.1 Å². The summed E-state index contributed by atoms with van der Waals surface area (Å²) in [6.07, 6.45) is -9.96. The van der Waals surface area contributed by atoms with Crippen molar-refractivity contribution in [3.63, 3.8) is 0 Å². The largest absolute Gasteiger partial charge is 0.497 e. The van der Waals surface area contributed by atoms with Crippen LogP contribution in [-0.2, 0) is 29.3 Å². The number of methoxy groups -OCH3 is 2. The molecule has 1 unspecified atom stereocenters. The number of hydrogen-bond acceptors (Lipinski definition) is 5. The van der Waals surface area contributed by atoms with Gasteiger partial charge in [-0.3, -0.25) is 0 Å². The topological polar surface area (TPSA) is 73.9 Å². The van der Waals surface area contributed by atoms with Crippen LogP contribution in [0.5, 0.6) is 11.5 Å². The zero-order valence-electron chi connectivity index (χ0n) is 17.3. The third kappa shape index (κ3) is 6.27. The fraction of sp³-hybridized carbons (Fsp3) is 0.429. The summed E-state index contributed by atoms with van der Waals surface area (Å²) < 4.78 is 94.0. The minimum absolute atomic E-state index is 0.0159. The highest BCUT2D eigenvalue weighted by Crippen LogP contribution is 2.38. The Morgan fingerprint density at radius 3 is 1.94 bits per heavy atom. The lowest BCUT2D eigenvalue weighted by atomic mass is 9.90. The molecule has 0 aromatic heterocycles. The number of aliphatic hydroxyl groups is 1. The lowest BCUT2D eigenvalue weighted by Crippen LogP contribution is -2.34. The van der Waals surface area contributed by atoms with E-state index in [1.54, 1.807) is 6.07 Å². The maximum absolute atomic E-state index is 13.0.